The Morgan fingerprint density at radius 1 is 1.30 bits per heavy atom. The number of hydrogen-bond donors (Lipinski definition) is 1. The van der Waals surface area contributed by atoms with E-state index < -0.39 is 5.54 Å². The van der Waals surface area contributed by atoms with E-state index in [2.05, 4.69) is 10.5 Å². The molecule has 108 valence electrons. The molecule has 6 nitrogen and oxygen atoms in total. The lowest BCUT2D eigenvalue weighted by Crippen LogP contribution is -2.65. The maximum Gasteiger partial charge on any atom is 0.249 e. The number of hydrogen-bond acceptors (Lipinski definition) is 4. The van der Waals surface area contributed by atoms with E-state index in [1.54, 1.807) is 4.90 Å². The fourth-order valence-corrected chi connectivity index (χ4v) is 3.27. The summed E-state index contributed by atoms with van der Waals surface area (Å²) < 4.78 is 5.13. The number of aromatic nitrogens is 1. The average Bonchev–Trinajstić information content (AvgIpc) is 2.98. The fourth-order valence-electron chi connectivity index (χ4n) is 3.27. The maximum absolute atomic E-state index is 12.7. The minimum Gasteiger partial charge on any atom is -0.361 e. The van der Waals surface area contributed by atoms with E-state index in [1.807, 2.05) is 13.8 Å². The summed E-state index contributed by atoms with van der Waals surface area (Å²) in [6, 6.07) is 0. The van der Waals surface area contributed by atoms with Gasteiger partial charge in [-0.3, -0.25) is 9.59 Å². The second-order valence-corrected chi connectivity index (χ2v) is 5.80. The van der Waals surface area contributed by atoms with E-state index >= 15 is 0 Å². The van der Waals surface area contributed by atoms with Crippen molar-refractivity contribution in [3.63, 3.8) is 0 Å². The molecule has 3 rings (SSSR count). The van der Waals surface area contributed by atoms with Gasteiger partial charge in [-0.15, -0.1) is 0 Å². The molecule has 20 heavy (non-hydrogen) atoms. The zero-order valence-corrected chi connectivity index (χ0v) is 11.9. The molecule has 2 aliphatic rings. The van der Waals surface area contributed by atoms with Crippen LogP contribution in [0.15, 0.2) is 4.52 Å². The number of rotatable bonds is 2. The van der Waals surface area contributed by atoms with Gasteiger partial charge in [0, 0.05) is 5.56 Å². The third kappa shape index (κ3) is 1.99. The van der Waals surface area contributed by atoms with Crippen LogP contribution in [0, 0.1) is 13.8 Å². The quantitative estimate of drug-likeness (QED) is 0.877. The summed E-state index contributed by atoms with van der Waals surface area (Å²) in [7, 11) is 0. The van der Waals surface area contributed by atoms with Crippen LogP contribution < -0.4 is 5.32 Å². The number of carbonyl (C=O) groups is 2. The van der Waals surface area contributed by atoms with Crippen LogP contribution in [0.3, 0.4) is 0 Å². The number of carbonyl (C=O) groups excluding carboxylic acids is 2. The van der Waals surface area contributed by atoms with Crippen LogP contribution >= 0.6 is 0 Å². The Kier molecular flexibility index (Phi) is 3.03. The van der Waals surface area contributed by atoms with Crippen molar-refractivity contribution in [2.45, 2.75) is 51.6 Å². The minimum atomic E-state index is -0.658. The summed E-state index contributed by atoms with van der Waals surface area (Å²) in [5.41, 5.74) is 1.02. The van der Waals surface area contributed by atoms with Gasteiger partial charge in [-0.05, 0) is 26.7 Å². The first-order chi connectivity index (χ1) is 9.52. The van der Waals surface area contributed by atoms with Crippen molar-refractivity contribution in [2.75, 3.05) is 6.54 Å². The normalized spacial score (nSPS) is 21.6. The molecule has 0 bridgehead atoms. The lowest BCUT2D eigenvalue weighted by molar-refractivity contribution is -0.150. The molecule has 6 heteroatoms. The second-order valence-electron chi connectivity index (χ2n) is 5.80. The molecule has 2 fully saturated rings. The van der Waals surface area contributed by atoms with E-state index in [1.165, 1.54) is 0 Å². The summed E-state index contributed by atoms with van der Waals surface area (Å²) in [5.74, 6) is 0.676. The molecule has 0 atom stereocenters. The molecule has 2 amide bonds. The Hall–Kier alpha value is -1.85. The molecule has 0 radical (unpaired) electrons. The van der Waals surface area contributed by atoms with Crippen molar-refractivity contribution in [3.05, 3.63) is 17.0 Å². The average molecular weight is 277 g/mol. The lowest BCUT2D eigenvalue weighted by Gasteiger charge is -2.39. The SMILES string of the molecule is Cc1noc(C)c1CN1CC(=O)NC2(CCCC2)C1=O. The molecular weight excluding hydrogens is 258 g/mol. The number of amides is 2. The Labute approximate surface area is 117 Å². The third-order valence-corrected chi connectivity index (χ3v) is 4.40. The molecule has 2 heterocycles. The third-order valence-electron chi connectivity index (χ3n) is 4.40. The first-order valence-electron chi connectivity index (χ1n) is 7.04. The number of nitrogens with one attached hydrogen (secondary N) is 1. The highest BCUT2D eigenvalue weighted by molar-refractivity contribution is 5.98. The Bertz CT molecular complexity index is 539. The lowest BCUT2D eigenvalue weighted by atomic mass is 9.92. The number of nitrogens with zero attached hydrogens (tertiary/aromatic N) is 2. The highest BCUT2D eigenvalue weighted by Crippen LogP contribution is 2.34. The van der Waals surface area contributed by atoms with Gasteiger partial charge in [0.05, 0.1) is 18.8 Å². The summed E-state index contributed by atoms with van der Waals surface area (Å²) in [5, 5.41) is 6.81. The molecule has 1 aromatic rings. The topological polar surface area (TPSA) is 75.4 Å². The van der Waals surface area contributed by atoms with Gasteiger partial charge in [-0.2, -0.15) is 0 Å². The van der Waals surface area contributed by atoms with E-state index in [0.717, 1.165) is 36.9 Å². The van der Waals surface area contributed by atoms with Crippen LogP contribution in [0.25, 0.3) is 0 Å². The molecule has 1 aliphatic carbocycles. The first-order valence-corrected chi connectivity index (χ1v) is 7.04. The highest BCUT2D eigenvalue weighted by Gasteiger charge is 2.48. The Morgan fingerprint density at radius 2 is 2.00 bits per heavy atom. The zero-order valence-electron chi connectivity index (χ0n) is 11.9. The van der Waals surface area contributed by atoms with Crippen molar-refractivity contribution in [3.8, 4) is 0 Å². The number of aryl methyl sites for hydroxylation is 2. The van der Waals surface area contributed by atoms with Gasteiger partial charge >= 0.3 is 0 Å². The van der Waals surface area contributed by atoms with E-state index in [0.29, 0.717) is 12.3 Å². The molecule has 1 aliphatic heterocycles. The zero-order chi connectivity index (χ0) is 14.3. The van der Waals surface area contributed by atoms with E-state index in [9.17, 15) is 9.59 Å². The van der Waals surface area contributed by atoms with Crippen molar-refractivity contribution in [1.82, 2.24) is 15.4 Å². The summed E-state index contributed by atoms with van der Waals surface area (Å²) in [4.78, 5) is 26.3. The van der Waals surface area contributed by atoms with Gasteiger partial charge in [0.15, 0.2) is 0 Å². The summed E-state index contributed by atoms with van der Waals surface area (Å²) in [6.45, 7) is 4.20. The molecule has 1 aromatic heterocycles. The van der Waals surface area contributed by atoms with Gasteiger partial charge in [0.1, 0.15) is 11.3 Å². The van der Waals surface area contributed by atoms with Crippen LogP contribution in [0.4, 0.5) is 0 Å². The van der Waals surface area contributed by atoms with Crippen LogP contribution in [0.1, 0.15) is 42.7 Å². The largest absolute Gasteiger partial charge is 0.361 e. The second kappa shape index (κ2) is 4.61. The minimum absolute atomic E-state index is 0.0367. The van der Waals surface area contributed by atoms with Crippen LogP contribution in [0.2, 0.25) is 0 Å². The highest BCUT2D eigenvalue weighted by atomic mass is 16.5. The summed E-state index contributed by atoms with van der Waals surface area (Å²) >= 11 is 0. The monoisotopic (exact) mass is 277 g/mol. The summed E-state index contributed by atoms with van der Waals surface area (Å²) in [6.07, 6.45) is 3.47. The molecule has 0 unspecified atom stereocenters. The first kappa shape index (κ1) is 13.1. The van der Waals surface area contributed by atoms with Crippen LogP contribution in [-0.2, 0) is 16.1 Å². The van der Waals surface area contributed by atoms with Crippen LogP contribution in [-0.4, -0.2) is 34.0 Å². The van der Waals surface area contributed by atoms with Crippen molar-refractivity contribution in [1.29, 1.82) is 0 Å². The van der Waals surface area contributed by atoms with Crippen molar-refractivity contribution in [2.24, 2.45) is 0 Å². The molecule has 1 N–H and O–H groups in total. The molecule has 0 aromatic carbocycles. The van der Waals surface area contributed by atoms with E-state index in [-0.39, 0.29) is 18.4 Å². The maximum atomic E-state index is 12.7. The van der Waals surface area contributed by atoms with E-state index in [4.69, 9.17) is 4.52 Å². The fraction of sp³-hybridized carbons (Fsp3) is 0.643. The molecule has 1 saturated carbocycles. The molecule has 1 spiro atoms. The van der Waals surface area contributed by atoms with Gasteiger partial charge in [0.25, 0.3) is 0 Å². The molecule has 1 saturated heterocycles. The van der Waals surface area contributed by atoms with Gasteiger partial charge in [-0.25, -0.2) is 0 Å². The van der Waals surface area contributed by atoms with Gasteiger partial charge < -0.3 is 14.7 Å². The predicted octanol–water partition coefficient (Wildman–Crippen LogP) is 1.06. The van der Waals surface area contributed by atoms with Gasteiger partial charge in [0.2, 0.25) is 11.8 Å². The standard InChI is InChI=1S/C14H19N3O3/c1-9-11(10(2)20-16-9)7-17-8-12(18)15-14(13(17)19)5-3-4-6-14/h3-8H2,1-2H3,(H,15,18). The van der Waals surface area contributed by atoms with Crippen molar-refractivity contribution < 1.29 is 14.1 Å². The van der Waals surface area contributed by atoms with Crippen molar-refractivity contribution >= 4 is 11.8 Å². The van der Waals surface area contributed by atoms with Gasteiger partial charge in [-0.1, -0.05) is 18.0 Å². The predicted molar refractivity (Wildman–Crippen MR) is 70.7 cm³/mol. The van der Waals surface area contributed by atoms with Crippen LogP contribution in [0.5, 0.6) is 0 Å². The Morgan fingerprint density at radius 3 is 2.60 bits per heavy atom. The Balaban J connectivity index is 1.85. The number of piperazine rings is 1. The molecular formula is C14H19N3O3. The smallest absolute Gasteiger partial charge is 0.249 e.